The highest BCUT2D eigenvalue weighted by Gasteiger charge is 2.19. The summed E-state index contributed by atoms with van der Waals surface area (Å²) >= 11 is 0. The lowest BCUT2D eigenvalue weighted by Crippen LogP contribution is -2.40. The smallest absolute Gasteiger partial charge is 0.326 e. The molecule has 0 radical (unpaired) electrons. The fourth-order valence-electron chi connectivity index (χ4n) is 1.59. The summed E-state index contributed by atoms with van der Waals surface area (Å²) in [7, 11) is 0. The molecule has 1 amide bonds. The Kier molecular flexibility index (Phi) is 6.13. The van der Waals surface area contributed by atoms with E-state index in [9.17, 15) is 14.4 Å². The number of aliphatic carboxylic acids is 2. The zero-order chi connectivity index (χ0) is 15.8. The lowest BCUT2D eigenvalue weighted by atomic mass is 10.1. The fourth-order valence-corrected chi connectivity index (χ4v) is 1.59. The number of carboxylic acid groups (broad SMARTS) is 2. The molecular weight excluding hydrogens is 274 g/mol. The number of aryl methyl sites for hydroxylation is 1. The van der Waals surface area contributed by atoms with E-state index < -0.39 is 23.9 Å². The molecule has 0 aromatic heterocycles. The molecule has 0 spiro atoms. The molecule has 6 heteroatoms. The minimum atomic E-state index is -1.26. The number of hydrogen-bond donors (Lipinski definition) is 3. The normalized spacial score (nSPS) is 12.0. The summed E-state index contributed by atoms with van der Waals surface area (Å²) in [6.45, 7) is 1.94. The molecule has 0 bridgehead atoms. The molecule has 112 valence electrons. The number of hydrogen-bond acceptors (Lipinski definition) is 3. The van der Waals surface area contributed by atoms with Crippen LogP contribution in [0.5, 0.6) is 0 Å². The Morgan fingerprint density at radius 2 is 1.81 bits per heavy atom. The first-order valence-corrected chi connectivity index (χ1v) is 6.38. The van der Waals surface area contributed by atoms with Gasteiger partial charge in [-0.15, -0.1) is 0 Å². The number of carbonyl (C=O) groups excluding carboxylic acids is 1. The first kappa shape index (κ1) is 16.4. The first-order valence-electron chi connectivity index (χ1n) is 6.38. The van der Waals surface area contributed by atoms with Crippen LogP contribution in [0.15, 0.2) is 30.3 Å². The minimum Gasteiger partial charge on any atom is -0.481 e. The van der Waals surface area contributed by atoms with Crippen molar-refractivity contribution in [3.63, 3.8) is 0 Å². The monoisotopic (exact) mass is 291 g/mol. The average molecular weight is 291 g/mol. The number of rotatable bonds is 7. The van der Waals surface area contributed by atoms with Gasteiger partial charge in [0.05, 0.1) is 0 Å². The average Bonchev–Trinajstić information content (AvgIpc) is 2.42. The van der Waals surface area contributed by atoms with Gasteiger partial charge in [0.2, 0.25) is 5.91 Å². The van der Waals surface area contributed by atoms with Crippen LogP contribution in [0.3, 0.4) is 0 Å². The van der Waals surface area contributed by atoms with Crippen molar-refractivity contribution in [2.24, 2.45) is 0 Å². The van der Waals surface area contributed by atoms with Gasteiger partial charge >= 0.3 is 11.9 Å². The molecular formula is C15H17NO5. The second kappa shape index (κ2) is 7.84. The van der Waals surface area contributed by atoms with Crippen LogP contribution < -0.4 is 5.32 Å². The van der Waals surface area contributed by atoms with Crippen molar-refractivity contribution in [3.05, 3.63) is 41.5 Å². The lowest BCUT2D eigenvalue weighted by molar-refractivity contribution is -0.142. The summed E-state index contributed by atoms with van der Waals surface area (Å²) in [5, 5.41) is 19.7. The molecule has 0 aliphatic rings. The zero-order valence-electron chi connectivity index (χ0n) is 11.6. The van der Waals surface area contributed by atoms with E-state index in [1.807, 2.05) is 31.2 Å². The predicted octanol–water partition coefficient (Wildman–Crippen LogP) is 1.44. The Labute approximate surface area is 122 Å². The third-order valence-corrected chi connectivity index (χ3v) is 2.77. The minimum absolute atomic E-state index is 0.158. The van der Waals surface area contributed by atoms with Gasteiger partial charge in [-0.1, -0.05) is 29.8 Å². The van der Waals surface area contributed by atoms with Crippen LogP contribution in [0.1, 0.15) is 24.0 Å². The van der Waals surface area contributed by atoms with Crippen molar-refractivity contribution >= 4 is 23.9 Å². The van der Waals surface area contributed by atoms with Gasteiger partial charge in [0.15, 0.2) is 0 Å². The van der Waals surface area contributed by atoms with E-state index in [1.54, 1.807) is 6.08 Å². The third-order valence-electron chi connectivity index (χ3n) is 2.77. The van der Waals surface area contributed by atoms with Gasteiger partial charge in [-0.05, 0) is 25.0 Å². The molecule has 6 nitrogen and oxygen atoms in total. The van der Waals surface area contributed by atoms with E-state index in [4.69, 9.17) is 10.2 Å². The van der Waals surface area contributed by atoms with E-state index >= 15 is 0 Å². The van der Waals surface area contributed by atoms with Crippen LogP contribution in [0.2, 0.25) is 0 Å². The van der Waals surface area contributed by atoms with E-state index in [1.165, 1.54) is 6.08 Å². The topological polar surface area (TPSA) is 104 Å². The highest BCUT2D eigenvalue weighted by atomic mass is 16.4. The SMILES string of the molecule is Cc1ccc(C=CC(=O)N[C@@H](CCC(=O)O)C(=O)O)cc1. The standard InChI is InChI=1S/C15H17NO5/c1-10-2-4-11(5-3-10)6-8-13(17)16-12(15(20)21)7-9-14(18)19/h2-6,8,12H,7,9H2,1H3,(H,16,17)(H,18,19)(H,20,21)/t12-/m0/s1. The summed E-state index contributed by atoms with van der Waals surface area (Å²) < 4.78 is 0. The number of amides is 1. The Hall–Kier alpha value is -2.63. The highest BCUT2D eigenvalue weighted by molar-refractivity contribution is 5.94. The van der Waals surface area contributed by atoms with Crippen molar-refractivity contribution < 1.29 is 24.6 Å². The summed E-state index contributed by atoms with van der Waals surface area (Å²) in [6, 6.07) is 6.24. The second-order valence-corrected chi connectivity index (χ2v) is 4.58. The van der Waals surface area contributed by atoms with Gasteiger partial charge in [0.1, 0.15) is 6.04 Å². The Bertz CT molecular complexity index is 548. The lowest BCUT2D eigenvalue weighted by Gasteiger charge is -2.11. The van der Waals surface area contributed by atoms with Crippen molar-refractivity contribution in [1.29, 1.82) is 0 Å². The van der Waals surface area contributed by atoms with E-state index in [2.05, 4.69) is 5.32 Å². The van der Waals surface area contributed by atoms with Crippen LogP contribution >= 0.6 is 0 Å². The summed E-state index contributed by atoms with van der Waals surface area (Å²) in [4.78, 5) is 33.0. The van der Waals surface area contributed by atoms with E-state index in [0.29, 0.717) is 0 Å². The van der Waals surface area contributed by atoms with Gasteiger partial charge in [-0.25, -0.2) is 4.79 Å². The molecule has 0 aliphatic heterocycles. The zero-order valence-corrected chi connectivity index (χ0v) is 11.6. The molecule has 1 aromatic carbocycles. The largest absolute Gasteiger partial charge is 0.481 e. The van der Waals surface area contributed by atoms with Crippen LogP contribution in [0.4, 0.5) is 0 Å². The molecule has 0 saturated heterocycles. The molecule has 0 fully saturated rings. The molecule has 0 saturated carbocycles. The maximum Gasteiger partial charge on any atom is 0.326 e. The molecule has 1 atom stereocenters. The maximum atomic E-state index is 11.6. The van der Waals surface area contributed by atoms with Crippen molar-refractivity contribution in [2.45, 2.75) is 25.8 Å². The molecule has 1 rings (SSSR count). The summed E-state index contributed by atoms with van der Waals surface area (Å²) in [5.41, 5.74) is 1.91. The quantitative estimate of drug-likeness (QED) is 0.659. The van der Waals surface area contributed by atoms with Crippen LogP contribution in [-0.2, 0) is 14.4 Å². The van der Waals surface area contributed by atoms with Gasteiger partial charge in [0, 0.05) is 12.5 Å². The number of carboxylic acids is 2. The first-order chi connectivity index (χ1) is 9.88. The number of benzene rings is 1. The van der Waals surface area contributed by atoms with Gasteiger partial charge < -0.3 is 15.5 Å². The van der Waals surface area contributed by atoms with Crippen molar-refractivity contribution in [2.75, 3.05) is 0 Å². The van der Waals surface area contributed by atoms with E-state index in [-0.39, 0.29) is 12.8 Å². The van der Waals surface area contributed by atoms with Crippen LogP contribution in [-0.4, -0.2) is 34.1 Å². The maximum absolute atomic E-state index is 11.6. The fraction of sp³-hybridized carbons (Fsp3) is 0.267. The van der Waals surface area contributed by atoms with Crippen LogP contribution in [0.25, 0.3) is 6.08 Å². The van der Waals surface area contributed by atoms with Gasteiger partial charge in [-0.2, -0.15) is 0 Å². The second-order valence-electron chi connectivity index (χ2n) is 4.58. The highest BCUT2D eigenvalue weighted by Crippen LogP contribution is 2.05. The molecule has 3 N–H and O–H groups in total. The molecule has 0 unspecified atom stereocenters. The third kappa shape index (κ3) is 6.38. The summed E-state index contributed by atoms with van der Waals surface area (Å²) in [5.74, 6) is -2.94. The van der Waals surface area contributed by atoms with Crippen LogP contribution in [0, 0.1) is 6.92 Å². The summed E-state index contributed by atoms with van der Waals surface area (Å²) in [6.07, 6.45) is 2.31. The number of carbonyl (C=O) groups is 3. The Morgan fingerprint density at radius 1 is 1.19 bits per heavy atom. The number of nitrogens with one attached hydrogen (secondary N) is 1. The van der Waals surface area contributed by atoms with Gasteiger partial charge in [0.25, 0.3) is 0 Å². The Morgan fingerprint density at radius 3 is 2.33 bits per heavy atom. The van der Waals surface area contributed by atoms with Crippen molar-refractivity contribution in [3.8, 4) is 0 Å². The molecule has 0 heterocycles. The molecule has 0 aliphatic carbocycles. The Balaban J connectivity index is 2.59. The molecule has 21 heavy (non-hydrogen) atoms. The van der Waals surface area contributed by atoms with E-state index in [0.717, 1.165) is 11.1 Å². The molecule has 1 aromatic rings. The van der Waals surface area contributed by atoms with Crippen molar-refractivity contribution in [1.82, 2.24) is 5.32 Å². The predicted molar refractivity (Wildman–Crippen MR) is 76.6 cm³/mol. The van der Waals surface area contributed by atoms with Gasteiger partial charge in [-0.3, -0.25) is 9.59 Å².